The van der Waals surface area contributed by atoms with Crippen molar-refractivity contribution in [1.82, 2.24) is 4.98 Å². The Balaban J connectivity index is 2.22. The monoisotopic (exact) mass is 215 g/mol. The molecule has 0 radical (unpaired) electrons. The van der Waals surface area contributed by atoms with Gasteiger partial charge in [0.25, 0.3) is 5.92 Å². The molecule has 1 aliphatic rings. The van der Waals surface area contributed by atoms with Gasteiger partial charge in [-0.25, -0.2) is 13.8 Å². The minimum atomic E-state index is -2.62. The number of alkyl halides is 2. The van der Waals surface area contributed by atoms with Crippen LogP contribution in [-0.4, -0.2) is 31.1 Å². The van der Waals surface area contributed by atoms with Crippen molar-refractivity contribution in [3.8, 4) is 5.75 Å². The minimum Gasteiger partial charge on any atom is -0.493 e. The Kier molecular flexibility index (Phi) is 2.13. The Hall–Kier alpha value is -1.59. The molecule has 1 aromatic heterocycles. The first kappa shape index (κ1) is 9.95. The summed E-state index contributed by atoms with van der Waals surface area (Å²) in [5, 5.41) is 0. The van der Waals surface area contributed by atoms with Crippen LogP contribution < -0.4 is 15.4 Å². The van der Waals surface area contributed by atoms with E-state index < -0.39 is 5.92 Å². The van der Waals surface area contributed by atoms with Crippen molar-refractivity contribution in [3.05, 3.63) is 12.3 Å². The van der Waals surface area contributed by atoms with Gasteiger partial charge in [-0.05, 0) is 0 Å². The van der Waals surface area contributed by atoms with Crippen LogP contribution in [0.25, 0.3) is 0 Å². The van der Waals surface area contributed by atoms with Gasteiger partial charge in [0.2, 0.25) is 0 Å². The number of methoxy groups -OCH3 is 1. The molecule has 0 aliphatic carbocycles. The normalized spacial score (nSPS) is 18.5. The van der Waals surface area contributed by atoms with Gasteiger partial charge in [0.05, 0.1) is 32.1 Å². The van der Waals surface area contributed by atoms with E-state index >= 15 is 0 Å². The number of halogens is 2. The molecule has 4 nitrogen and oxygen atoms in total. The van der Waals surface area contributed by atoms with Crippen LogP contribution >= 0.6 is 0 Å². The molecule has 0 atom stereocenters. The van der Waals surface area contributed by atoms with Crippen molar-refractivity contribution < 1.29 is 13.5 Å². The minimum absolute atomic E-state index is 0.319. The number of ether oxygens (including phenoxy) is 1. The zero-order chi connectivity index (χ0) is 11.1. The highest BCUT2D eigenvalue weighted by molar-refractivity contribution is 5.59. The van der Waals surface area contributed by atoms with E-state index in [0.717, 1.165) is 0 Å². The Morgan fingerprint density at radius 1 is 1.53 bits per heavy atom. The van der Waals surface area contributed by atoms with Crippen LogP contribution in [0.15, 0.2) is 12.3 Å². The number of hydrogen-bond donors (Lipinski definition) is 1. The van der Waals surface area contributed by atoms with Gasteiger partial charge in [-0.3, -0.25) is 0 Å². The number of nitrogen functional groups attached to an aromatic ring is 1. The van der Waals surface area contributed by atoms with E-state index in [0.29, 0.717) is 17.3 Å². The third kappa shape index (κ3) is 1.79. The Bertz CT molecular complexity index is 376. The molecular formula is C9H11F2N3O. The van der Waals surface area contributed by atoms with E-state index in [4.69, 9.17) is 10.5 Å². The van der Waals surface area contributed by atoms with Crippen LogP contribution in [0.2, 0.25) is 0 Å². The van der Waals surface area contributed by atoms with Crippen molar-refractivity contribution in [2.45, 2.75) is 5.92 Å². The Morgan fingerprint density at radius 3 is 2.73 bits per heavy atom. The second-order valence-electron chi connectivity index (χ2n) is 3.51. The van der Waals surface area contributed by atoms with Crippen molar-refractivity contribution in [2.24, 2.45) is 0 Å². The lowest BCUT2D eigenvalue weighted by Gasteiger charge is -2.39. The lowest BCUT2D eigenvalue weighted by molar-refractivity contribution is -0.0268. The number of aromatic nitrogens is 1. The van der Waals surface area contributed by atoms with Gasteiger partial charge < -0.3 is 15.4 Å². The summed E-state index contributed by atoms with van der Waals surface area (Å²) in [6, 6.07) is 1.57. The summed E-state index contributed by atoms with van der Waals surface area (Å²) in [6.07, 6.45) is 1.42. The molecule has 2 heterocycles. The number of hydrogen-bond acceptors (Lipinski definition) is 4. The van der Waals surface area contributed by atoms with E-state index in [1.807, 2.05) is 0 Å². The maximum atomic E-state index is 12.7. The fourth-order valence-electron chi connectivity index (χ4n) is 1.50. The lowest BCUT2D eigenvalue weighted by Crippen LogP contribution is -2.56. The predicted molar refractivity (Wildman–Crippen MR) is 52.4 cm³/mol. The smallest absolute Gasteiger partial charge is 0.282 e. The molecule has 15 heavy (non-hydrogen) atoms. The van der Waals surface area contributed by atoms with Crippen LogP contribution in [0.1, 0.15) is 0 Å². The van der Waals surface area contributed by atoms with Crippen molar-refractivity contribution in [2.75, 3.05) is 30.8 Å². The molecule has 0 amide bonds. The SMILES string of the molecule is COc1cc(N)cnc1N1CC(F)(F)C1. The quantitative estimate of drug-likeness (QED) is 0.803. The zero-order valence-corrected chi connectivity index (χ0v) is 8.20. The summed E-state index contributed by atoms with van der Waals surface area (Å²) in [5.74, 6) is -1.78. The number of anilines is 2. The van der Waals surface area contributed by atoms with Crippen molar-refractivity contribution in [1.29, 1.82) is 0 Å². The predicted octanol–water partition coefficient (Wildman–Crippen LogP) is 1.13. The summed E-state index contributed by atoms with van der Waals surface area (Å²) in [5.41, 5.74) is 5.95. The molecule has 0 saturated carbocycles. The van der Waals surface area contributed by atoms with Crippen molar-refractivity contribution in [3.63, 3.8) is 0 Å². The van der Waals surface area contributed by atoms with Crippen molar-refractivity contribution >= 4 is 11.5 Å². The summed E-state index contributed by atoms with van der Waals surface area (Å²) in [7, 11) is 1.46. The topological polar surface area (TPSA) is 51.4 Å². The van der Waals surface area contributed by atoms with E-state index in [-0.39, 0.29) is 13.1 Å². The summed E-state index contributed by atoms with van der Waals surface area (Å²) in [4.78, 5) is 5.44. The maximum Gasteiger partial charge on any atom is 0.282 e. The number of pyridine rings is 1. The fraction of sp³-hybridized carbons (Fsp3) is 0.444. The molecule has 1 aromatic rings. The largest absolute Gasteiger partial charge is 0.493 e. The molecule has 0 aromatic carbocycles. The highest BCUT2D eigenvalue weighted by Crippen LogP contribution is 2.36. The molecule has 2 rings (SSSR count). The highest BCUT2D eigenvalue weighted by Gasteiger charge is 2.45. The zero-order valence-electron chi connectivity index (χ0n) is 8.20. The first-order valence-electron chi connectivity index (χ1n) is 4.44. The third-order valence-electron chi connectivity index (χ3n) is 2.22. The lowest BCUT2D eigenvalue weighted by atomic mass is 10.1. The van der Waals surface area contributed by atoms with Gasteiger partial charge in [-0.1, -0.05) is 0 Å². The summed E-state index contributed by atoms with van der Waals surface area (Å²) < 4.78 is 30.3. The standard InChI is InChI=1S/C9H11F2N3O/c1-15-7-2-6(12)3-13-8(7)14-4-9(10,11)5-14/h2-3H,4-5,12H2,1H3. The average molecular weight is 215 g/mol. The molecule has 0 bridgehead atoms. The number of nitrogens with zero attached hydrogens (tertiary/aromatic N) is 2. The molecule has 0 unspecified atom stereocenters. The van der Waals surface area contributed by atoms with Crippen LogP contribution in [0.4, 0.5) is 20.3 Å². The third-order valence-corrected chi connectivity index (χ3v) is 2.22. The molecule has 1 fully saturated rings. The van der Waals surface area contributed by atoms with E-state index in [1.54, 1.807) is 6.07 Å². The molecule has 1 aliphatic heterocycles. The van der Waals surface area contributed by atoms with Gasteiger partial charge in [0.1, 0.15) is 0 Å². The highest BCUT2D eigenvalue weighted by atomic mass is 19.3. The maximum absolute atomic E-state index is 12.7. The number of nitrogens with two attached hydrogens (primary N) is 1. The van der Waals surface area contributed by atoms with Gasteiger partial charge in [-0.2, -0.15) is 0 Å². The second-order valence-corrected chi connectivity index (χ2v) is 3.51. The van der Waals surface area contributed by atoms with Gasteiger partial charge in [0.15, 0.2) is 11.6 Å². The second kappa shape index (κ2) is 3.22. The molecule has 82 valence electrons. The first-order valence-corrected chi connectivity index (χ1v) is 4.44. The molecular weight excluding hydrogens is 204 g/mol. The van der Waals surface area contributed by atoms with E-state index in [1.165, 1.54) is 18.2 Å². The Labute approximate surface area is 85.6 Å². The molecule has 0 spiro atoms. The summed E-state index contributed by atoms with van der Waals surface area (Å²) in [6.45, 7) is -0.638. The average Bonchev–Trinajstić information content (AvgIpc) is 2.14. The van der Waals surface area contributed by atoms with Crippen LogP contribution in [-0.2, 0) is 0 Å². The van der Waals surface area contributed by atoms with E-state index in [9.17, 15) is 8.78 Å². The first-order chi connectivity index (χ1) is 7.02. The van der Waals surface area contributed by atoms with Crippen LogP contribution in [0.3, 0.4) is 0 Å². The molecule has 6 heteroatoms. The van der Waals surface area contributed by atoms with Gasteiger partial charge in [0, 0.05) is 6.07 Å². The van der Waals surface area contributed by atoms with Gasteiger partial charge >= 0.3 is 0 Å². The van der Waals surface area contributed by atoms with Gasteiger partial charge in [-0.15, -0.1) is 0 Å². The summed E-state index contributed by atoms with van der Waals surface area (Å²) >= 11 is 0. The van der Waals surface area contributed by atoms with Crippen LogP contribution in [0.5, 0.6) is 5.75 Å². The van der Waals surface area contributed by atoms with E-state index in [2.05, 4.69) is 4.98 Å². The Morgan fingerprint density at radius 2 is 2.20 bits per heavy atom. The van der Waals surface area contributed by atoms with Crippen LogP contribution in [0, 0.1) is 0 Å². The molecule has 2 N–H and O–H groups in total. The fourth-order valence-corrected chi connectivity index (χ4v) is 1.50. The number of rotatable bonds is 2. The molecule has 1 saturated heterocycles.